The predicted molar refractivity (Wildman–Crippen MR) is 297 cm³/mol. The van der Waals surface area contributed by atoms with Crippen LogP contribution in [0.2, 0.25) is 0 Å². The van der Waals surface area contributed by atoms with E-state index in [4.69, 9.17) is 38.4 Å². The van der Waals surface area contributed by atoms with Crippen LogP contribution in [0.4, 0.5) is 0 Å². The second-order valence-electron chi connectivity index (χ2n) is 20.8. The van der Waals surface area contributed by atoms with Crippen LogP contribution in [-0.2, 0) is 41.6 Å². The molecule has 3 aromatic heterocycles. The lowest BCUT2D eigenvalue weighted by Gasteiger charge is -2.40. The molecule has 11 rings (SSSR count). The third-order valence-corrected chi connectivity index (χ3v) is 15.5. The summed E-state index contributed by atoms with van der Waals surface area (Å²) in [6.45, 7) is 13.4. The largest absolute Gasteiger partial charge is 0.381 e. The van der Waals surface area contributed by atoms with Crippen LogP contribution >= 0.6 is 0 Å². The van der Waals surface area contributed by atoms with Crippen molar-refractivity contribution in [3.8, 4) is 34.2 Å². The van der Waals surface area contributed by atoms with Crippen LogP contribution in [0.1, 0.15) is 76.3 Å². The highest BCUT2D eigenvalue weighted by Crippen LogP contribution is 2.41. The average molecular weight is 991 g/mol. The topological polar surface area (TPSA) is 91.0 Å². The van der Waals surface area contributed by atoms with E-state index in [1.165, 1.54) is 10.8 Å². The molecule has 0 radical (unpaired) electrons. The molecule has 0 bridgehead atoms. The molecule has 382 valence electrons. The van der Waals surface area contributed by atoms with Gasteiger partial charge in [0, 0.05) is 75.6 Å². The smallest absolute Gasteiger partial charge is 0.235 e. The van der Waals surface area contributed by atoms with Crippen LogP contribution in [0, 0.1) is 10.8 Å². The van der Waals surface area contributed by atoms with Gasteiger partial charge in [0.15, 0.2) is 0 Å². The number of rotatable bonds is 26. The average Bonchev–Trinajstić information content (AvgIpc) is 3.93. The molecule has 2 fully saturated rings. The van der Waals surface area contributed by atoms with E-state index in [-0.39, 0.29) is 10.8 Å². The third kappa shape index (κ3) is 10.8. The van der Waals surface area contributed by atoms with E-state index in [9.17, 15) is 0 Å². The Labute approximate surface area is 435 Å². The molecular formula is C64H70N4O6. The quantitative estimate of drug-likeness (QED) is 0.0496. The molecule has 10 nitrogen and oxygen atoms in total. The van der Waals surface area contributed by atoms with Gasteiger partial charge in [-0.05, 0) is 117 Å². The van der Waals surface area contributed by atoms with Gasteiger partial charge in [-0.15, -0.1) is 0 Å². The first-order chi connectivity index (χ1) is 36.5. The molecule has 0 aliphatic carbocycles. The first-order valence-electron chi connectivity index (χ1n) is 27.1. The fraction of sp³-hybridized carbons (Fsp3) is 0.375. The van der Waals surface area contributed by atoms with Gasteiger partial charge in [-0.25, -0.2) is 9.97 Å². The molecule has 2 aliphatic rings. The first-order valence-corrected chi connectivity index (χ1v) is 27.1. The number of para-hydroxylation sites is 1. The molecule has 0 saturated carbocycles. The van der Waals surface area contributed by atoms with Crippen LogP contribution < -0.4 is 0 Å². The summed E-state index contributed by atoms with van der Waals surface area (Å²) in [4.78, 5) is 10.8. The summed E-state index contributed by atoms with van der Waals surface area (Å²) < 4.78 is 40.4. The van der Waals surface area contributed by atoms with Gasteiger partial charge in [-0.1, -0.05) is 105 Å². The van der Waals surface area contributed by atoms with Crippen LogP contribution in [-0.4, -0.2) is 85.2 Å². The van der Waals surface area contributed by atoms with Gasteiger partial charge >= 0.3 is 0 Å². The molecule has 0 spiro atoms. The Bertz CT molecular complexity index is 3220. The Morgan fingerprint density at radius 1 is 0.432 bits per heavy atom. The molecule has 5 heterocycles. The highest BCUT2D eigenvalue weighted by atomic mass is 16.5. The lowest BCUT2D eigenvalue weighted by atomic mass is 9.84. The Morgan fingerprint density at radius 2 is 0.865 bits per heavy atom. The minimum Gasteiger partial charge on any atom is -0.381 e. The lowest BCUT2D eigenvalue weighted by Crippen LogP contribution is -2.45. The Balaban J connectivity index is 0.914. The Kier molecular flexibility index (Phi) is 15.6. The van der Waals surface area contributed by atoms with Crippen molar-refractivity contribution < 1.29 is 28.4 Å². The van der Waals surface area contributed by atoms with Crippen molar-refractivity contribution >= 4 is 43.6 Å². The van der Waals surface area contributed by atoms with Gasteiger partial charge in [0.25, 0.3) is 0 Å². The van der Waals surface area contributed by atoms with Crippen molar-refractivity contribution in [3.63, 3.8) is 0 Å². The second kappa shape index (κ2) is 23.1. The molecule has 0 atom stereocenters. The molecule has 2 aliphatic heterocycles. The van der Waals surface area contributed by atoms with E-state index in [2.05, 4.69) is 156 Å². The van der Waals surface area contributed by atoms with Gasteiger partial charge in [0.2, 0.25) is 5.95 Å². The summed E-state index contributed by atoms with van der Waals surface area (Å²) in [5, 5.41) is 4.62. The fourth-order valence-electron chi connectivity index (χ4n) is 10.6. The summed E-state index contributed by atoms with van der Waals surface area (Å²) in [6, 6.07) is 51.9. The number of unbranched alkanes of at least 4 members (excludes halogenated alkanes) is 4. The highest BCUT2D eigenvalue weighted by molar-refractivity contribution is 6.19. The van der Waals surface area contributed by atoms with Crippen molar-refractivity contribution in [2.24, 2.45) is 10.8 Å². The van der Waals surface area contributed by atoms with Crippen molar-refractivity contribution in [2.75, 3.05) is 66.1 Å². The lowest BCUT2D eigenvalue weighted by molar-refractivity contribution is -0.150. The number of fused-ring (bicyclic) bond motifs is 6. The maximum Gasteiger partial charge on any atom is 0.235 e. The van der Waals surface area contributed by atoms with Crippen molar-refractivity contribution in [3.05, 3.63) is 157 Å². The number of hydrogen-bond acceptors (Lipinski definition) is 8. The van der Waals surface area contributed by atoms with E-state index >= 15 is 0 Å². The minimum atomic E-state index is 0.230. The Morgan fingerprint density at radius 3 is 1.32 bits per heavy atom. The SMILES string of the molecule is CCC1(COCCCCCOCc2ccc3c(c2)c2cc4c5cc(COCCCCCOCC6(CC)COC6)ccc5n(-c5nc(-c6ccccc6)cc(-c6ccccc6)n5)c4cc2n3-c2ccccc2)COC1. The van der Waals surface area contributed by atoms with Crippen molar-refractivity contribution in [1.82, 2.24) is 19.1 Å². The summed E-state index contributed by atoms with van der Waals surface area (Å²) in [7, 11) is 0. The molecule has 6 aromatic carbocycles. The van der Waals surface area contributed by atoms with E-state index in [1.807, 2.05) is 12.1 Å². The van der Waals surface area contributed by atoms with Crippen LogP contribution in [0.25, 0.3) is 77.8 Å². The zero-order chi connectivity index (χ0) is 50.2. The fourth-order valence-corrected chi connectivity index (χ4v) is 10.6. The van der Waals surface area contributed by atoms with Crippen LogP contribution in [0.5, 0.6) is 0 Å². The predicted octanol–water partition coefficient (Wildman–Crippen LogP) is 14.3. The van der Waals surface area contributed by atoms with Crippen LogP contribution in [0.15, 0.2) is 146 Å². The maximum absolute atomic E-state index is 6.38. The molecule has 0 N–H and O–H groups in total. The van der Waals surface area contributed by atoms with Crippen molar-refractivity contribution in [2.45, 2.75) is 78.4 Å². The van der Waals surface area contributed by atoms with E-state index in [1.54, 1.807) is 0 Å². The standard InChI is InChI=1S/C64H70N4O6/c1-3-63(43-73-44-63)41-71-32-18-8-16-30-69-39-47-26-28-58-52(34-47)54-36-55-53-35-48(40-70-31-17-9-19-33-72-42-64(4-2)45-74-46-64)27-29-59(53)68(61(55)38-60(54)67(58)51-24-14-7-15-25-51)62-65-56(49-20-10-5-11-21-49)37-57(66-62)50-22-12-6-13-23-50/h5-7,10-15,20-29,34-38H,3-4,8-9,16-19,30-33,39-46H2,1-2H3. The number of benzene rings is 6. The van der Waals surface area contributed by atoms with Gasteiger partial charge < -0.3 is 33.0 Å². The number of hydrogen-bond donors (Lipinski definition) is 0. The molecular weight excluding hydrogens is 921 g/mol. The second-order valence-corrected chi connectivity index (χ2v) is 20.8. The molecule has 10 heteroatoms. The van der Waals surface area contributed by atoms with Gasteiger partial charge in [0.1, 0.15) is 0 Å². The van der Waals surface area contributed by atoms with Gasteiger partial charge in [-0.2, -0.15) is 0 Å². The van der Waals surface area contributed by atoms with E-state index in [0.29, 0.717) is 32.4 Å². The molecule has 0 amide bonds. The maximum atomic E-state index is 6.38. The van der Waals surface area contributed by atoms with E-state index < -0.39 is 0 Å². The van der Waals surface area contributed by atoms with Crippen molar-refractivity contribution in [1.29, 1.82) is 0 Å². The van der Waals surface area contributed by atoms with Gasteiger partial charge in [-0.3, -0.25) is 4.57 Å². The zero-order valence-electron chi connectivity index (χ0n) is 43.2. The normalized spacial score (nSPS) is 15.1. The molecule has 9 aromatic rings. The number of nitrogens with zero attached hydrogens (tertiary/aromatic N) is 4. The summed E-state index contributed by atoms with van der Waals surface area (Å²) in [5.74, 6) is 0.617. The van der Waals surface area contributed by atoms with Gasteiger partial charge in [0.05, 0.1) is 86.3 Å². The Hall–Kier alpha value is -6.24. The molecule has 74 heavy (non-hydrogen) atoms. The van der Waals surface area contributed by atoms with Crippen LogP contribution in [0.3, 0.4) is 0 Å². The zero-order valence-corrected chi connectivity index (χ0v) is 43.2. The van der Waals surface area contributed by atoms with E-state index in [0.717, 1.165) is 176 Å². The monoisotopic (exact) mass is 991 g/mol. The summed E-state index contributed by atoms with van der Waals surface area (Å²) in [6.07, 6.45) is 8.44. The third-order valence-electron chi connectivity index (χ3n) is 15.5. The summed E-state index contributed by atoms with van der Waals surface area (Å²) >= 11 is 0. The number of aromatic nitrogens is 4. The highest BCUT2D eigenvalue weighted by Gasteiger charge is 2.37. The first kappa shape index (κ1) is 49.9. The molecule has 2 saturated heterocycles. The summed E-state index contributed by atoms with van der Waals surface area (Å²) in [5.41, 5.74) is 12.0. The minimum absolute atomic E-state index is 0.230. The molecule has 0 unspecified atom stereocenters. The number of ether oxygens (including phenoxy) is 6.